The molecule has 1 heterocycles. The highest BCUT2D eigenvalue weighted by Gasteiger charge is 2.30. The van der Waals surface area contributed by atoms with Gasteiger partial charge in [-0.15, -0.1) is 0 Å². The molecule has 5 aromatic rings. The van der Waals surface area contributed by atoms with E-state index in [2.05, 4.69) is 15.3 Å². The molecule has 1 amide bonds. The minimum atomic E-state index is -1.46. The number of ether oxygens (including phenoxy) is 5. The van der Waals surface area contributed by atoms with Gasteiger partial charge in [0.25, 0.3) is 5.91 Å². The molecule has 1 aromatic heterocycles. The zero-order chi connectivity index (χ0) is 40.4. The summed E-state index contributed by atoms with van der Waals surface area (Å²) < 4.78 is 27.1. The van der Waals surface area contributed by atoms with Crippen LogP contribution >= 0.6 is 11.6 Å². The van der Waals surface area contributed by atoms with Gasteiger partial charge in [0.2, 0.25) is 0 Å². The van der Waals surface area contributed by atoms with E-state index in [0.29, 0.717) is 48.7 Å². The molecular formula is C43H43ClN4O9. The fourth-order valence-electron chi connectivity index (χ4n) is 5.47. The Hall–Kier alpha value is -6.15. The number of benzene rings is 4. The van der Waals surface area contributed by atoms with Crippen molar-refractivity contribution >= 4 is 41.2 Å². The molecular weight excluding hydrogens is 752 g/mol. The van der Waals surface area contributed by atoms with E-state index < -0.39 is 36.3 Å². The molecule has 0 saturated heterocycles. The van der Waals surface area contributed by atoms with Crippen LogP contribution in [-0.2, 0) is 53.1 Å². The number of esters is 3. The topological polar surface area (TPSA) is 155 Å². The molecule has 0 fully saturated rings. The van der Waals surface area contributed by atoms with Crippen LogP contribution in [0, 0.1) is 0 Å². The maximum absolute atomic E-state index is 14.0. The first-order valence-corrected chi connectivity index (χ1v) is 18.5. The second kappa shape index (κ2) is 21.8. The van der Waals surface area contributed by atoms with Gasteiger partial charge in [-0.2, -0.15) is 0 Å². The van der Waals surface area contributed by atoms with Gasteiger partial charge in [-0.25, -0.2) is 19.6 Å². The predicted molar refractivity (Wildman–Crippen MR) is 212 cm³/mol. The second-order valence-corrected chi connectivity index (χ2v) is 13.0. The molecule has 296 valence electrons. The number of carbonyl (C=O) groups excluding carboxylic acids is 4. The molecule has 0 aliphatic carbocycles. The maximum atomic E-state index is 14.0. The number of aromatic nitrogens is 2. The quantitative estimate of drug-likeness (QED) is 0.0702. The number of methoxy groups -OCH3 is 2. The number of hydrogen-bond acceptors (Lipinski definition) is 12. The van der Waals surface area contributed by atoms with E-state index in [4.69, 9.17) is 35.3 Å². The van der Waals surface area contributed by atoms with E-state index in [9.17, 15) is 19.2 Å². The number of amides is 1. The average molecular weight is 795 g/mol. The summed E-state index contributed by atoms with van der Waals surface area (Å²) in [7, 11) is 3.11. The minimum Gasteiger partial charge on any atom is -0.461 e. The summed E-state index contributed by atoms with van der Waals surface area (Å²) >= 11 is 6.68. The lowest BCUT2D eigenvalue weighted by Crippen LogP contribution is -2.44. The number of hydrogen-bond donors (Lipinski definition) is 1. The van der Waals surface area contributed by atoms with Gasteiger partial charge in [0.05, 0.1) is 25.2 Å². The summed E-state index contributed by atoms with van der Waals surface area (Å²) in [6.07, 6.45) is -0.532. The summed E-state index contributed by atoms with van der Waals surface area (Å²) in [5.41, 5.74) is 3.15. The van der Waals surface area contributed by atoms with E-state index in [-0.39, 0.29) is 36.5 Å². The molecule has 0 unspecified atom stereocenters. The van der Waals surface area contributed by atoms with E-state index in [0.717, 1.165) is 11.1 Å². The Morgan fingerprint density at radius 2 is 1.18 bits per heavy atom. The average Bonchev–Trinajstić information content (AvgIpc) is 3.25. The Bertz CT molecular complexity index is 2060. The number of carbonyl (C=O) groups is 4. The lowest BCUT2D eigenvalue weighted by molar-refractivity contribution is -0.153. The molecule has 0 saturated carbocycles. The van der Waals surface area contributed by atoms with Crippen LogP contribution in [0.25, 0.3) is 11.3 Å². The van der Waals surface area contributed by atoms with Gasteiger partial charge in [0.1, 0.15) is 31.6 Å². The van der Waals surface area contributed by atoms with Crippen molar-refractivity contribution in [1.29, 1.82) is 0 Å². The molecule has 0 bridgehead atoms. The number of anilines is 1. The largest absolute Gasteiger partial charge is 0.461 e. The number of halogens is 1. The van der Waals surface area contributed by atoms with Crippen molar-refractivity contribution in [3.63, 3.8) is 0 Å². The van der Waals surface area contributed by atoms with Crippen LogP contribution in [0.1, 0.15) is 44.0 Å². The van der Waals surface area contributed by atoms with Crippen molar-refractivity contribution in [2.75, 3.05) is 45.4 Å². The van der Waals surface area contributed by atoms with E-state index in [1.165, 1.54) is 0 Å². The molecule has 0 spiro atoms. The van der Waals surface area contributed by atoms with Crippen molar-refractivity contribution in [1.82, 2.24) is 15.3 Å². The van der Waals surface area contributed by atoms with Gasteiger partial charge in [0, 0.05) is 32.9 Å². The van der Waals surface area contributed by atoms with Crippen LogP contribution in [0.3, 0.4) is 0 Å². The zero-order valence-electron chi connectivity index (χ0n) is 31.6. The molecule has 13 nitrogen and oxygen atoms in total. The van der Waals surface area contributed by atoms with Gasteiger partial charge >= 0.3 is 17.9 Å². The third-order valence-corrected chi connectivity index (χ3v) is 8.78. The molecule has 4 aromatic carbocycles. The third kappa shape index (κ3) is 12.7. The molecule has 57 heavy (non-hydrogen) atoms. The minimum absolute atomic E-state index is 0.0316. The number of nitrogens with one attached hydrogen (secondary N) is 1. The zero-order valence-corrected chi connectivity index (χ0v) is 32.4. The van der Waals surface area contributed by atoms with Crippen LogP contribution in [0.2, 0.25) is 5.15 Å². The normalized spacial score (nSPS) is 11.3. The summed E-state index contributed by atoms with van der Waals surface area (Å²) in [5, 5.41) is 2.30. The molecule has 1 N–H and O–H groups in total. The Morgan fingerprint density at radius 3 is 1.70 bits per heavy atom. The van der Waals surface area contributed by atoms with Gasteiger partial charge in [0.15, 0.2) is 16.7 Å². The summed E-state index contributed by atoms with van der Waals surface area (Å²) in [6.45, 7) is 1.23. The lowest BCUT2D eigenvalue weighted by atomic mass is 10.1. The van der Waals surface area contributed by atoms with Crippen molar-refractivity contribution in [2.24, 2.45) is 0 Å². The van der Waals surface area contributed by atoms with Crippen LogP contribution in [0.15, 0.2) is 115 Å². The fraction of sp³-hybridized carbons (Fsp3) is 0.256. The lowest BCUT2D eigenvalue weighted by Gasteiger charge is -2.26. The highest BCUT2D eigenvalue weighted by atomic mass is 35.5. The summed E-state index contributed by atoms with van der Waals surface area (Å²) in [6, 6.07) is 32.4. The molecule has 5 rings (SSSR count). The van der Waals surface area contributed by atoms with Crippen molar-refractivity contribution in [2.45, 2.75) is 32.3 Å². The Balaban J connectivity index is 1.41. The van der Waals surface area contributed by atoms with E-state index in [1.54, 1.807) is 74.9 Å². The maximum Gasteiger partial charge on any atom is 0.338 e. The summed E-state index contributed by atoms with van der Waals surface area (Å²) in [5.74, 6) is -2.75. The Labute approximate surface area is 335 Å². The number of nitrogens with zero attached hydrogens (tertiary/aromatic N) is 3. The molecule has 14 heteroatoms. The first kappa shape index (κ1) is 42.0. The first-order chi connectivity index (χ1) is 27.7. The Morgan fingerprint density at radius 1 is 0.667 bits per heavy atom. The van der Waals surface area contributed by atoms with E-state index >= 15 is 0 Å². The van der Waals surface area contributed by atoms with E-state index in [1.807, 2.05) is 59.5 Å². The van der Waals surface area contributed by atoms with Gasteiger partial charge in [-0.05, 0) is 28.8 Å². The summed E-state index contributed by atoms with van der Waals surface area (Å²) in [4.78, 5) is 64.4. The smallest absolute Gasteiger partial charge is 0.338 e. The van der Waals surface area contributed by atoms with Crippen LogP contribution in [0.4, 0.5) is 5.82 Å². The first-order valence-electron chi connectivity index (χ1n) is 18.1. The predicted octanol–water partition coefficient (Wildman–Crippen LogP) is 6.23. The van der Waals surface area contributed by atoms with Gasteiger partial charge in [-0.1, -0.05) is 115 Å². The number of rotatable bonds is 20. The highest BCUT2D eigenvalue weighted by Crippen LogP contribution is 2.31. The van der Waals surface area contributed by atoms with Crippen LogP contribution in [0.5, 0.6) is 0 Å². The standard InChI is InChI=1S/C43H43ClN4O9/c1-53-24-22-48(23-25-54-2)40-37(33-18-20-34(21-19-33)42(51)56-28-31-14-8-4-9-15-31)46-39(44)38(47-40)41(50)45-35(43(52)57-29-32-16-10-5-11-17-32)26-36(49)55-27-30-12-6-3-7-13-30/h3-21,35H,22-29H2,1-2H3,(H,45,50)/t35-/m1/s1. The van der Waals surface area contributed by atoms with Gasteiger partial charge < -0.3 is 33.9 Å². The second-order valence-electron chi connectivity index (χ2n) is 12.6. The van der Waals surface area contributed by atoms with Crippen molar-refractivity contribution < 1.29 is 42.9 Å². The SMILES string of the molecule is COCCN(CCOC)c1nc(C(=O)N[C@H](CC(=O)OCc2ccccc2)C(=O)OCc2ccccc2)c(Cl)nc1-c1ccc(C(=O)OCc2ccccc2)cc1. The molecule has 0 aliphatic rings. The van der Waals surface area contributed by atoms with Crippen molar-refractivity contribution in [3.05, 3.63) is 148 Å². The highest BCUT2D eigenvalue weighted by molar-refractivity contribution is 6.32. The Kier molecular flexibility index (Phi) is 16.1. The monoisotopic (exact) mass is 794 g/mol. The molecule has 0 radical (unpaired) electrons. The van der Waals surface area contributed by atoms with Crippen LogP contribution < -0.4 is 10.2 Å². The fourth-order valence-corrected chi connectivity index (χ4v) is 5.69. The molecule has 0 aliphatic heterocycles. The van der Waals surface area contributed by atoms with Crippen molar-refractivity contribution in [3.8, 4) is 11.3 Å². The third-order valence-electron chi connectivity index (χ3n) is 8.51. The van der Waals surface area contributed by atoms with Crippen LogP contribution in [-0.4, -0.2) is 80.3 Å². The molecule has 1 atom stereocenters. The van der Waals surface area contributed by atoms with Gasteiger partial charge in [-0.3, -0.25) is 9.59 Å².